The van der Waals surface area contributed by atoms with Gasteiger partial charge in [0.25, 0.3) is 0 Å². The molecule has 0 aliphatic carbocycles. The molecule has 1 aromatic heterocycles. The molecule has 1 atom stereocenters. The van der Waals surface area contributed by atoms with Crippen LogP contribution < -0.4 is 10.6 Å². The topological polar surface area (TPSA) is 58.5 Å². The Morgan fingerprint density at radius 2 is 2.33 bits per heavy atom. The lowest BCUT2D eigenvalue weighted by Gasteiger charge is -2.24. The Bertz CT molecular complexity index is 481. The predicted molar refractivity (Wildman–Crippen MR) is 85.6 cm³/mol. The summed E-state index contributed by atoms with van der Waals surface area (Å²) >= 11 is 0. The number of hydrogen-bond acceptors (Lipinski definition) is 3. The number of ether oxygens (including phenoxy) is 1. The quantitative estimate of drug-likeness (QED) is 0.640. The summed E-state index contributed by atoms with van der Waals surface area (Å²) in [6.45, 7) is 6.75. The van der Waals surface area contributed by atoms with E-state index in [0.717, 1.165) is 44.9 Å². The minimum absolute atomic E-state index is 0.0562. The van der Waals surface area contributed by atoms with Crippen molar-refractivity contribution < 1.29 is 4.74 Å². The van der Waals surface area contributed by atoms with Gasteiger partial charge in [0.2, 0.25) is 0 Å². The van der Waals surface area contributed by atoms with Gasteiger partial charge >= 0.3 is 0 Å². The number of aliphatic imine (C=N–C) groups is 1. The summed E-state index contributed by atoms with van der Waals surface area (Å²) in [6.07, 6.45) is 6.95. The van der Waals surface area contributed by atoms with Crippen LogP contribution >= 0.6 is 0 Å². The standard InChI is InChI=1S/C16H26N4O/c1-13-11-18-8-5-14(13)6-9-19-15(17-3)20-12-16(2)7-4-10-21-16/h5,8,11H,4,6-7,9-10,12H2,1-3H3,(H2,17,19,20). The van der Waals surface area contributed by atoms with Gasteiger partial charge in [-0.25, -0.2) is 0 Å². The Kier molecular flexibility index (Phi) is 5.56. The molecule has 5 heteroatoms. The molecule has 2 rings (SSSR count). The summed E-state index contributed by atoms with van der Waals surface area (Å²) < 4.78 is 5.77. The van der Waals surface area contributed by atoms with Crippen LogP contribution in [0.15, 0.2) is 23.5 Å². The van der Waals surface area contributed by atoms with E-state index in [1.165, 1.54) is 11.1 Å². The van der Waals surface area contributed by atoms with Crippen molar-refractivity contribution in [2.24, 2.45) is 4.99 Å². The molecule has 0 radical (unpaired) electrons. The maximum Gasteiger partial charge on any atom is 0.191 e. The van der Waals surface area contributed by atoms with Gasteiger partial charge in [-0.1, -0.05) is 0 Å². The van der Waals surface area contributed by atoms with Crippen LogP contribution in [-0.2, 0) is 11.2 Å². The Hall–Kier alpha value is -1.62. The predicted octanol–water partition coefficient (Wildman–Crippen LogP) is 1.67. The molecule has 2 N–H and O–H groups in total. The van der Waals surface area contributed by atoms with E-state index in [4.69, 9.17) is 4.74 Å². The lowest BCUT2D eigenvalue weighted by atomic mass is 10.0. The smallest absolute Gasteiger partial charge is 0.191 e. The molecule has 21 heavy (non-hydrogen) atoms. The SMILES string of the molecule is CN=C(NCCc1ccncc1C)NCC1(C)CCCO1. The van der Waals surface area contributed by atoms with E-state index in [-0.39, 0.29) is 5.60 Å². The number of aryl methyl sites for hydroxylation is 1. The van der Waals surface area contributed by atoms with Crippen LogP contribution in [0.4, 0.5) is 0 Å². The van der Waals surface area contributed by atoms with Crippen LogP contribution in [-0.4, -0.2) is 43.3 Å². The zero-order chi connectivity index (χ0) is 15.1. The third-order valence-electron chi connectivity index (χ3n) is 3.98. The first-order valence-corrected chi connectivity index (χ1v) is 7.61. The van der Waals surface area contributed by atoms with Crippen molar-refractivity contribution in [3.63, 3.8) is 0 Å². The second-order valence-corrected chi connectivity index (χ2v) is 5.81. The monoisotopic (exact) mass is 290 g/mol. The molecule has 1 aliphatic rings. The van der Waals surface area contributed by atoms with Crippen LogP contribution in [0.25, 0.3) is 0 Å². The Morgan fingerprint density at radius 1 is 1.48 bits per heavy atom. The molecule has 0 amide bonds. The second kappa shape index (κ2) is 7.41. The Labute approximate surface area is 127 Å². The number of aromatic nitrogens is 1. The third kappa shape index (κ3) is 4.70. The van der Waals surface area contributed by atoms with E-state index in [1.807, 2.05) is 12.4 Å². The minimum atomic E-state index is -0.0562. The molecule has 116 valence electrons. The van der Waals surface area contributed by atoms with Crippen molar-refractivity contribution in [2.45, 2.75) is 38.7 Å². The fourth-order valence-electron chi connectivity index (χ4n) is 2.57. The molecule has 1 unspecified atom stereocenters. The fourth-order valence-corrected chi connectivity index (χ4v) is 2.57. The van der Waals surface area contributed by atoms with Crippen LogP contribution in [0.2, 0.25) is 0 Å². The van der Waals surface area contributed by atoms with Gasteiger partial charge in [0, 0.05) is 39.1 Å². The molecular formula is C16H26N4O. The van der Waals surface area contributed by atoms with Gasteiger partial charge in [-0.05, 0) is 50.3 Å². The average molecular weight is 290 g/mol. The van der Waals surface area contributed by atoms with Crippen molar-refractivity contribution in [1.29, 1.82) is 0 Å². The molecule has 1 aliphatic heterocycles. The van der Waals surface area contributed by atoms with Gasteiger partial charge in [0.1, 0.15) is 0 Å². The number of nitrogens with one attached hydrogen (secondary N) is 2. The average Bonchev–Trinajstić information content (AvgIpc) is 2.91. The number of pyridine rings is 1. The lowest BCUT2D eigenvalue weighted by Crippen LogP contribution is -2.45. The van der Waals surface area contributed by atoms with E-state index < -0.39 is 0 Å². The summed E-state index contributed by atoms with van der Waals surface area (Å²) in [5, 5.41) is 6.70. The Morgan fingerprint density at radius 3 is 3.00 bits per heavy atom. The molecule has 1 fully saturated rings. The van der Waals surface area contributed by atoms with Crippen LogP contribution in [0.3, 0.4) is 0 Å². The zero-order valence-corrected chi connectivity index (χ0v) is 13.3. The van der Waals surface area contributed by atoms with Crippen LogP contribution in [0.5, 0.6) is 0 Å². The van der Waals surface area contributed by atoms with Gasteiger partial charge in [0.05, 0.1) is 5.60 Å². The molecule has 2 heterocycles. The molecule has 0 spiro atoms. The molecule has 0 aromatic carbocycles. The normalized spacial score (nSPS) is 22.3. The van der Waals surface area contributed by atoms with E-state index in [2.05, 4.69) is 40.5 Å². The maximum atomic E-state index is 5.77. The van der Waals surface area contributed by atoms with E-state index >= 15 is 0 Å². The maximum absolute atomic E-state index is 5.77. The summed E-state index contributed by atoms with van der Waals surface area (Å²) in [6, 6.07) is 2.07. The number of rotatable bonds is 5. The van der Waals surface area contributed by atoms with Gasteiger partial charge in [-0.15, -0.1) is 0 Å². The van der Waals surface area contributed by atoms with Gasteiger partial charge < -0.3 is 15.4 Å². The van der Waals surface area contributed by atoms with Crippen LogP contribution in [0.1, 0.15) is 30.9 Å². The summed E-state index contributed by atoms with van der Waals surface area (Å²) in [7, 11) is 1.80. The van der Waals surface area contributed by atoms with Crippen molar-refractivity contribution in [3.8, 4) is 0 Å². The fraction of sp³-hybridized carbons (Fsp3) is 0.625. The highest BCUT2D eigenvalue weighted by Crippen LogP contribution is 2.23. The summed E-state index contributed by atoms with van der Waals surface area (Å²) in [4.78, 5) is 8.38. The first-order chi connectivity index (χ1) is 10.1. The van der Waals surface area contributed by atoms with Crippen LogP contribution in [0, 0.1) is 6.92 Å². The first kappa shape index (κ1) is 15.8. The largest absolute Gasteiger partial charge is 0.373 e. The molecular weight excluding hydrogens is 264 g/mol. The third-order valence-corrected chi connectivity index (χ3v) is 3.98. The van der Waals surface area contributed by atoms with Crippen molar-refractivity contribution in [2.75, 3.05) is 26.7 Å². The zero-order valence-electron chi connectivity index (χ0n) is 13.3. The number of nitrogens with zero attached hydrogens (tertiary/aromatic N) is 2. The highest BCUT2D eigenvalue weighted by atomic mass is 16.5. The highest BCUT2D eigenvalue weighted by Gasteiger charge is 2.29. The molecule has 0 bridgehead atoms. The van der Waals surface area contributed by atoms with Gasteiger partial charge in [-0.3, -0.25) is 9.98 Å². The van der Waals surface area contributed by atoms with E-state index in [1.54, 1.807) is 7.05 Å². The lowest BCUT2D eigenvalue weighted by molar-refractivity contribution is 0.0243. The number of hydrogen-bond donors (Lipinski definition) is 2. The molecule has 1 saturated heterocycles. The van der Waals surface area contributed by atoms with Crippen molar-refractivity contribution >= 4 is 5.96 Å². The molecule has 0 saturated carbocycles. The summed E-state index contributed by atoms with van der Waals surface area (Å²) in [5.74, 6) is 0.832. The Balaban J connectivity index is 1.74. The molecule has 1 aromatic rings. The second-order valence-electron chi connectivity index (χ2n) is 5.81. The highest BCUT2D eigenvalue weighted by molar-refractivity contribution is 5.79. The van der Waals surface area contributed by atoms with Crippen molar-refractivity contribution in [1.82, 2.24) is 15.6 Å². The van der Waals surface area contributed by atoms with Crippen molar-refractivity contribution in [3.05, 3.63) is 29.6 Å². The van der Waals surface area contributed by atoms with E-state index in [0.29, 0.717) is 0 Å². The summed E-state index contributed by atoms with van der Waals surface area (Å²) in [5.41, 5.74) is 2.49. The first-order valence-electron chi connectivity index (χ1n) is 7.61. The number of guanidine groups is 1. The van der Waals surface area contributed by atoms with Gasteiger partial charge in [-0.2, -0.15) is 0 Å². The minimum Gasteiger partial charge on any atom is -0.373 e. The molecule has 5 nitrogen and oxygen atoms in total. The van der Waals surface area contributed by atoms with E-state index in [9.17, 15) is 0 Å². The van der Waals surface area contributed by atoms with Gasteiger partial charge in [0.15, 0.2) is 5.96 Å².